The number of piperazine rings is 1. The number of hydrogen-bond donors (Lipinski definition) is 3. The molecule has 1 fully saturated rings. The van der Waals surface area contributed by atoms with Gasteiger partial charge in [0.2, 0.25) is 0 Å². The van der Waals surface area contributed by atoms with Crippen molar-refractivity contribution in [2.24, 2.45) is 0 Å². The van der Waals surface area contributed by atoms with Crippen molar-refractivity contribution in [1.29, 1.82) is 0 Å². The number of hydrogen-bond acceptors (Lipinski definition) is 7. The second kappa shape index (κ2) is 8.48. The lowest BCUT2D eigenvalue weighted by molar-refractivity contribution is 0.0950. The van der Waals surface area contributed by atoms with Crippen LogP contribution in [-0.2, 0) is 0 Å². The van der Waals surface area contributed by atoms with Crippen LogP contribution in [0.15, 0.2) is 58.1 Å². The fraction of sp³-hybridized carbons (Fsp3) is 0.200. The van der Waals surface area contributed by atoms with E-state index < -0.39 is 16.9 Å². The summed E-state index contributed by atoms with van der Waals surface area (Å²) in [4.78, 5) is 39.1. The van der Waals surface area contributed by atoms with Gasteiger partial charge in [-0.05, 0) is 17.7 Å². The summed E-state index contributed by atoms with van der Waals surface area (Å²) in [5, 5.41) is 14.4. The lowest BCUT2D eigenvalue weighted by Gasteiger charge is -2.38. The van der Waals surface area contributed by atoms with Crippen molar-refractivity contribution < 1.29 is 4.79 Å². The van der Waals surface area contributed by atoms with E-state index in [9.17, 15) is 14.4 Å². The molecular formula is C25H23N5O3. The molecule has 166 valence electrons. The topological polar surface area (TPSA) is 107 Å². The Morgan fingerprint density at radius 2 is 1.88 bits per heavy atom. The summed E-state index contributed by atoms with van der Waals surface area (Å²) in [7, 11) is 1.61. The molecule has 33 heavy (non-hydrogen) atoms. The summed E-state index contributed by atoms with van der Waals surface area (Å²) in [6.45, 7) is 1.53. The number of aromatic nitrogens is 2. The molecule has 0 aliphatic carbocycles. The number of fused-ring (bicyclic) bond motifs is 1. The first-order valence-corrected chi connectivity index (χ1v) is 10.8. The van der Waals surface area contributed by atoms with Gasteiger partial charge in [0.1, 0.15) is 17.4 Å². The molecule has 2 heterocycles. The van der Waals surface area contributed by atoms with Crippen molar-refractivity contribution in [3.8, 4) is 0 Å². The molecule has 1 atom stereocenters. The molecule has 5 rings (SSSR count). The molecule has 3 aromatic carbocycles. The van der Waals surface area contributed by atoms with Gasteiger partial charge in [-0.2, -0.15) is 5.10 Å². The Hall–Kier alpha value is -4.04. The number of Topliss-reactive ketones (excluding diaryl/α,β-unsaturated/α-hetero) is 1. The van der Waals surface area contributed by atoms with E-state index in [1.165, 1.54) is 0 Å². The van der Waals surface area contributed by atoms with Crippen LogP contribution in [0.4, 0.5) is 11.4 Å². The Balaban J connectivity index is 1.36. The van der Waals surface area contributed by atoms with Gasteiger partial charge in [0.05, 0.1) is 11.2 Å². The number of rotatable bonds is 6. The third-order valence-electron chi connectivity index (χ3n) is 6.10. The van der Waals surface area contributed by atoms with Gasteiger partial charge < -0.3 is 15.5 Å². The maximum Gasteiger partial charge on any atom is 0.253 e. The van der Waals surface area contributed by atoms with Gasteiger partial charge in [0, 0.05) is 37.6 Å². The van der Waals surface area contributed by atoms with Crippen LogP contribution in [0.5, 0.6) is 0 Å². The molecule has 1 aliphatic rings. The molecule has 3 N–H and O–H groups in total. The van der Waals surface area contributed by atoms with Crippen LogP contribution in [0.2, 0.25) is 0 Å². The Morgan fingerprint density at radius 1 is 1.09 bits per heavy atom. The summed E-state index contributed by atoms with van der Waals surface area (Å²) in [6.07, 6.45) is 3.89. The van der Waals surface area contributed by atoms with Crippen molar-refractivity contribution in [3.63, 3.8) is 0 Å². The lowest BCUT2D eigenvalue weighted by atomic mass is 9.98. The van der Waals surface area contributed by atoms with Crippen LogP contribution < -0.4 is 26.4 Å². The van der Waals surface area contributed by atoms with Gasteiger partial charge in [0.25, 0.3) is 10.9 Å². The predicted octanol–water partition coefficient (Wildman–Crippen LogP) is 2.03. The number of para-hydroxylation sites is 1. The number of aromatic amines is 1. The summed E-state index contributed by atoms with van der Waals surface area (Å²) < 4.78 is 0. The second-order valence-electron chi connectivity index (χ2n) is 8.02. The number of H-pyrrole nitrogens is 1. The maximum atomic E-state index is 13.3. The maximum absolute atomic E-state index is 13.3. The van der Waals surface area contributed by atoms with E-state index in [0.29, 0.717) is 30.9 Å². The molecule has 0 amide bonds. The quantitative estimate of drug-likeness (QED) is 0.310. The van der Waals surface area contributed by atoms with Gasteiger partial charge in [-0.1, -0.05) is 48.5 Å². The molecule has 0 radical (unpaired) electrons. The first-order chi connectivity index (χ1) is 16.1. The van der Waals surface area contributed by atoms with Crippen LogP contribution in [-0.4, -0.2) is 48.7 Å². The highest BCUT2D eigenvalue weighted by molar-refractivity contribution is 6.03. The first kappa shape index (κ1) is 20.8. The van der Waals surface area contributed by atoms with Gasteiger partial charge >= 0.3 is 0 Å². The van der Waals surface area contributed by atoms with Crippen LogP contribution in [0.1, 0.15) is 21.6 Å². The highest BCUT2D eigenvalue weighted by atomic mass is 16.2. The second-order valence-corrected chi connectivity index (χ2v) is 8.02. The summed E-state index contributed by atoms with van der Waals surface area (Å²) in [6, 6.07) is 14.7. The largest absolute Gasteiger partial charge is 0.383 e. The molecule has 1 aliphatic heterocycles. The molecule has 0 bridgehead atoms. The molecule has 8 heteroatoms. The van der Waals surface area contributed by atoms with E-state index in [0.717, 1.165) is 22.2 Å². The highest BCUT2D eigenvalue weighted by Gasteiger charge is 2.35. The van der Waals surface area contributed by atoms with Crippen molar-refractivity contribution >= 4 is 40.2 Å². The van der Waals surface area contributed by atoms with Crippen LogP contribution in [0.3, 0.4) is 0 Å². The van der Waals surface area contributed by atoms with E-state index in [4.69, 9.17) is 0 Å². The van der Waals surface area contributed by atoms with Gasteiger partial charge in [-0.3, -0.25) is 19.5 Å². The minimum absolute atomic E-state index is 0.0915. The average Bonchev–Trinajstić information content (AvgIpc) is 3.28. The van der Waals surface area contributed by atoms with Crippen molar-refractivity contribution in [2.45, 2.75) is 6.04 Å². The van der Waals surface area contributed by atoms with Gasteiger partial charge in [-0.25, -0.2) is 0 Å². The lowest BCUT2D eigenvalue weighted by Crippen LogP contribution is -2.58. The molecule has 1 unspecified atom stereocenters. The van der Waals surface area contributed by atoms with Crippen molar-refractivity contribution in [2.75, 3.05) is 36.9 Å². The zero-order valence-electron chi connectivity index (χ0n) is 18.1. The summed E-state index contributed by atoms with van der Waals surface area (Å²) in [5.41, 5.74) is 2.86. The van der Waals surface area contributed by atoms with Gasteiger partial charge in [-0.15, -0.1) is 0 Å². The molecule has 8 nitrogen and oxygen atoms in total. The van der Waals surface area contributed by atoms with E-state index in [-0.39, 0.29) is 11.5 Å². The molecule has 1 saturated heterocycles. The Labute approximate surface area is 189 Å². The Morgan fingerprint density at radius 3 is 2.67 bits per heavy atom. The summed E-state index contributed by atoms with van der Waals surface area (Å²) in [5.74, 6) is -0.0915. The first-order valence-electron chi connectivity index (χ1n) is 10.8. The smallest absolute Gasteiger partial charge is 0.253 e. The molecular weight excluding hydrogens is 418 g/mol. The van der Waals surface area contributed by atoms with Crippen molar-refractivity contribution in [1.82, 2.24) is 15.5 Å². The SMILES string of the molecule is CNc1c(N2CCNCC2C(=O)c2ccc(C=Cc3n[nH]c4ccccc34)cc2)c(=O)c1=O. The third-order valence-corrected chi connectivity index (χ3v) is 6.10. The van der Waals surface area contributed by atoms with E-state index in [1.54, 1.807) is 24.1 Å². The highest BCUT2D eigenvalue weighted by Crippen LogP contribution is 2.25. The summed E-state index contributed by atoms with van der Waals surface area (Å²) >= 11 is 0. The third kappa shape index (κ3) is 3.64. The van der Waals surface area contributed by atoms with E-state index >= 15 is 0 Å². The zero-order chi connectivity index (χ0) is 22.9. The van der Waals surface area contributed by atoms with Crippen LogP contribution in [0, 0.1) is 0 Å². The van der Waals surface area contributed by atoms with E-state index in [1.807, 2.05) is 48.6 Å². The normalized spacial score (nSPS) is 16.6. The van der Waals surface area contributed by atoms with Crippen LogP contribution >= 0.6 is 0 Å². The monoisotopic (exact) mass is 441 g/mol. The zero-order valence-corrected chi connectivity index (χ0v) is 18.1. The fourth-order valence-electron chi connectivity index (χ4n) is 4.33. The minimum atomic E-state index is -0.550. The fourth-order valence-corrected chi connectivity index (χ4v) is 4.33. The number of carbonyl (C=O) groups excluding carboxylic acids is 1. The minimum Gasteiger partial charge on any atom is -0.383 e. The van der Waals surface area contributed by atoms with Gasteiger partial charge in [0.15, 0.2) is 5.78 Å². The number of anilines is 2. The molecule has 0 spiro atoms. The number of ketones is 1. The molecule has 4 aromatic rings. The Kier molecular flexibility index (Phi) is 5.35. The van der Waals surface area contributed by atoms with Crippen LogP contribution in [0.25, 0.3) is 23.1 Å². The number of nitrogens with one attached hydrogen (secondary N) is 3. The average molecular weight is 441 g/mol. The van der Waals surface area contributed by atoms with E-state index in [2.05, 4.69) is 20.8 Å². The molecule has 1 aromatic heterocycles. The molecule has 0 saturated carbocycles. The number of carbonyl (C=O) groups is 1. The van der Waals surface area contributed by atoms with Crippen molar-refractivity contribution in [3.05, 3.63) is 85.8 Å². The number of nitrogens with zero attached hydrogens (tertiary/aromatic N) is 2. The predicted molar refractivity (Wildman–Crippen MR) is 131 cm³/mol. The standard InChI is InChI=1S/C25H23N5O3/c1-26-21-22(25(33)24(21)32)30-13-12-27-14-20(30)23(31)16-9-6-15(7-10-16)8-11-19-17-4-2-3-5-18(17)28-29-19/h2-11,20,26-27H,12-14H2,1H3,(H,28,29). The Bertz CT molecular complexity index is 1430. The number of benzene rings is 2.